The molecule has 0 atom stereocenters. The van der Waals surface area contributed by atoms with Crippen LogP contribution in [0.4, 0.5) is 0 Å². The molecule has 0 amide bonds. The highest BCUT2D eigenvalue weighted by Gasteiger charge is 2.06. The van der Waals surface area contributed by atoms with E-state index in [4.69, 9.17) is 0 Å². The number of hydrogen-bond donors (Lipinski definition) is 2. The van der Waals surface area contributed by atoms with Crippen LogP contribution in [0, 0.1) is 6.92 Å². The van der Waals surface area contributed by atoms with E-state index in [9.17, 15) is 10.2 Å². The molecule has 2 nitrogen and oxygen atoms in total. The molecule has 1 aromatic carbocycles. The van der Waals surface area contributed by atoms with Crippen LogP contribution in [-0.2, 0) is 6.42 Å². The quantitative estimate of drug-likeness (QED) is 0.750. The van der Waals surface area contributed by atoms with Crippen molar-refractivity contribution in [3.05, 3.63) is 23.3 Å². The Hall–Kier alpha value is -1.18. The van der Waals surface area contributed by atoms with Gasteiger partial charge >= 0.3 is 0 Å². The van der Waals surface area contributed by atoms with Crippen LogP contribution in [0.3, 0.4) is 0 Å². The van der Waals surface area contributed by atoms with E-state index in [1.54, 1.807) is 19.1 Å². The molecule has 0 spiro atoms. The molecule has 0 aliphatic rings. The van der Waals surface area contributed by atoms with Gasteiger partial charge in [-0.2, -0.15) is 0 Å². The van der Waals surface area contributed by atoms with Crippen LogP contribution in [0.5, 0.6) is 11.5 Å². The second-order valence-corrected chi connectivity index (χ2v) is 3.32. The van der Waals surface area contributed by atoms with Crippen LogP contribution in [-0.4, -0.2) is 10.2 Å². The Morgan fingerprint density at radius 3 is 2.54 bits per heavy atom. The Balaban J connectivity index is 2.90. The fraction of sp³-hybridized carbons (Fsp3) is 0.455. The summed E-state index contributed by atoms with van der Waals surface area (Å²) in [6.45, 7) is 3.84. The molecule has 72 valence electrons. The lowest BCUT2D eigenvalue weighted by atomic mass is 10.0. The van der Waals surface area contributed by atoms with Gasteiger partial charge in [-0.05, 0) is 31.4 Å². The van der Waals surface area contributed by atoms with E-state index in [1.807, 2.05) is 0 Å². The fourth-order valence-corrected chi connectivity index (χ4v) is 1.31. The van der Waals surface area contributed by atoms with Crippen LogP contribution in [0.1, 0.15) is 30.9 Å². The third-order valence-corrected chi connectivity index (χ3v) is 2.29. The number of phenols is 2. The van der Waals surface area contributed by atoms with Gasteiger partial charge in [0, 0.05) is 5.56 Å². The average Bonchev–Trinajstić information content (AvgIpc) is 2.13. The van der Waals surface area contributed by atoms with Crippen molar-refractivity contribution < 1.29 is 10.2 Å². The first-order chi connectivity index (χ1) is 6.16. The Bertz CT molecular complexity index is 292. The van der Waals surface area contributed by atoms with Gasteiger partial charge < -0.3 is 10.2 Å². The highest BCUT2D eigenvalue weighted by atomic mass is 16.3. The first kappa shape index (κ1) is 9.90. The first-order valence-electron chi connectivity index (χ1n) is 4.67. The zero-order valence-electron chi connectivity index (χ0n) is 8.17. The number of phenolic OH excluding ortho intramolecular Hbond substituents is 2. The summed E-state index contributed by atoms with van der Waals surface area (Å²) in [7, 11) is 0. The Morgan fingerprint density at radius 2 is 1.92 bits per heavy atom. The van der Waals surface area contributed by atoms with E-state index in [-0.39, 0.29) is 11.5 Å². The molecule has 0 bridgehead atoms. The van der Waals surface area contributed by atoms with Gasteiger partial charge in [0.25, 0.3) is 0 Å². The van der Waals surface area contributed by atoms with Crippen LogP contribution in [0.15, 0.2) is 12.1 Å². The Morgan fingerprint density at radius 1 is 1.23 bits per heavy atom. The van der Waals surface area contributed by atoms with Gasteiger partial charge in [-0.25, -0.2) is 0 Å². The third-order valence-electron chi connectivity index (χ3n) is 2.29. The maximum atomic E-state index is 9.65. The monoisotopic (exact) mass is 180 g/mol. The molecule has 0 saturated heterocycles. The van der Waals surface area contributed by atoms with E-state index in [0.29, 0.717) is 5.56 Å². The molecule has 0 unspecified atom stereocenters. The fourth-order valence-electron chi connectivity index (χ4n) is 1.31. The maximum Gasteiger partial charge on any atom is 0.125 e. The van der Waals surface area contributed by atoms with E-state index in [1.165, 1.54) is 0 Å². The Labute approximate surface area is 78.8 Å². The summed E-state index contributed by atoms with van der Waals surface area (Å²) in [5.41, 5.74) is 1.51. The van der Waals surface area contributed by atoms with Crippen molar-refractivity contribution >= 4 is 0 Å². The van der Waals surface area contributed by atoms with Crippen molar-refractivity contribution in [1.82, 2.24) is 0 Å². The number of rotatable bonds is 3. The van der Waals surface area contributed by atoms with E-state index in [2.05, 4.69) is 6.92 Å². The van der Waals surface area contributed by atoms with Crippen molar-refractivity contribution in [3.8, 4) is 11.5 Å². The van der Waals surface area contributed by atoms with Gasteiger partial charge in [0.2, 0.25) is 0 Å². The van der Waals surface area contributed by atoms with Crippen molar-refractivity contribution in [1.29, 1.82) is 0 Å². The van der Waals surface area contributed by atoms with Gasteiger partial charge in [0.05, 0.1) is 0 Å². The zero-order valence-corrected chi connectivity index (χ0v) is 8.17. The highest BCUT2D eigenvalue weighted by molar-refractivity contribution is 5.47. The molecule has 0 fully saturated rings. The Kier molecular flexibility index (Phi) is 3.18. The molecule has 0 heterocycles. The molecule has 0 saturated carbocycles. The van der Waals surface area contributed by atoms with Gasteiger partial charge in [-0.15, -0.1) is 0 Å². The number of aryl methyl sites for hydroxylation is 1. The lowest BCUT2D eigenvalue weighted by Crippen LogP contribution is -1.88. The SMILES string of the molecule is CCCCc1ccc(O)c(C)c1O. The second kappa shape index (κ2) is 4.17. The molecular formula is C11H16O2. The highest BCUT2D eigenvalue weighted by Crippen LogP contribution is 2.30. The summed E-state index contributed by atoms with van der Waals surface area (Å²) >= 11 is 0. The maximum absolute atomic E-state index is 9.65. The molecule has 1 aromatic rings. The zero-order chi connectivity index (χ0) is 9.84. The number of benzene rings is 1. The summed E-state index contributed by atoms with van der Waals surface area (Å²) in [4.78, 5) is 0. The summed E-state index contributed by atoms with van der Waals surface area (Å²) < 4.78 is 0. The van der Waals surface area contributed by atoms with Crippen molar-refractivity contribution in [2.75, 3.05) is 0 Å². The lowest BCUT2D eigenvalue weighted by molar-refractivity contribution is 0.438. The third kappa shape index (κ3) is 2.14. The molecule has 0 aromatic heterocycles. The molecule has 0 radical (unpaired) electrons. The normalized spacial score (nSPS) is 10.3. The van der Waals surface area contributed by atoms with Crippen LogP contribution in [0.25, 0.3) is 0 Å². The predicted octanol–water partition coefficient (Wildman–Crippen LogP) is 2.75. The van der Waals surface area contributed by atoms with E-state index < -0.39 is 0 Å². The minimum Gasteiger partial charge on any atom is -0.508 e. The number of hydrogen-bond acceptors (Lipinski definition) is 2. The minimum absolute atomic E-state index is 0.165. The van der Waals surface area contributed by atoms with Crippen molar-refractivity contribution in [3.63, 3.8) is 0 Å². The van der Waals surface area contributed by atoms with Crippen molar-refractivity contribution in [2.45, 2.75) is 33.1 Å². The van der Waals surface area contributed by atoms with Crippen LogP contribution in [0.2, 0.25) is 0 Å². The molecular weight excluding hydrogens is 164 g/mol. The predicted molar refractivity (Wildman–Crippen MR) is 53.1 cm³/mol. The standard InChI is InChI=1S/C11H16O2/c1-3-4-5-9-6-7-10(12)8(2)11(9)13/h6-7,12-13H,3-5H2,1-2H3. The van der Waals surface area contributed by atoms with Crippen LogP contribution >= 0.6 is 0 Å². The molecule has 1 rings (SSSR count). The molecule has 0 aliphatic carbocycles. The van der Waals surface area contributed by atoms with Crippen LogP contribution < -0.4 is 0 Å². The number of unbranched alkanes of at least 4 members (excludes halogenated alkanes) is 1. The van der Waals surface area contributed by atoms with Gasteiger partial charge in [0.15, 0.2) is 0 Å². The van der Waals surface area contributed by atoms with Gasteiger partial charge in [-0.3, -0.25) is 0 Å². The largest absolute Gasteiger partial charge is 0.508 e. The molecule has 2 heteroatoms. The summed E-state index contributed by atoms with van der Waals surface area (Å²) in [6.07, 6.45) is 3.06. The van der Waals surface area contributed by atoms with E-state index in [0.717, 1.165) is 24.8 Å². The summed E-state index contributed by atoms with van der Waals surface area (Å²) in [5.74, 6) is 0.409. The summed E-state index contributed by atoms with van der Waals surface area (Å²) in [6, 6.07) is 3.42. The molecule has 2 N–H and O–H groups in total. The molecule has 13 heavy (non-hydrogen) atoms. The lowest BCUT2D eigenvalue weighted by Gasteiger charge is -2.07. The molecule has 0 aliphatic heterocycles. The van der Waals surface area contributed by atoms with Crippen molar-refractivity contribution in [2.24, 2.45) is 0 Å². The smallest absolute Gasteiger partial charge is 0.125 e. The first-order valence-corrected chi connectivity index (χ1v) is 4.67. The summed E-state index contributed by atoms with van der Waals surface area (Å²) in [5, 5.41) is 18.9. The van der Waals surface area contributed by atoms with Gasteiger partial charge in [-0.1, -0.05) is 19.4 Å². The topological polar surface area (TPSA) is 40.5 Å². The second-order valence-electron chi connectivity index (χ2n) is 3.32. The van der Waals surface area contributed by atoms with E-state index >= 15 is 0 Å². The minimum atomic E-state index is 0.165. The number of aromatic hydroxyl groups is 2. The van der Waals surface area contributed by atoms with Gasteiger partial charge in [0.1, 0.15) is 11.5 Å². The average molecular weight is 180 g/mol.